The third kappa shape index (κ3) is 2.64. The van der Waals surface area contributed by atoms with Crippen LogP contribution in [0.1, 0.15) is 24.5 Å². The zero-order valence-electron chi connectivity index (χ0n) is 15.1. The molecule has 1 N–H and O–H groups in total. The van der Waals surface area contributed by atoms with Crippen molar-refractivity contribution in [3.8, 4) is 5.75 Å². The number of aliphatic hydroxyl groups is 1. The summed E-state index contributed by atoms with van der Waals surface area (Å²) < 4.78 is 6.31. The van der Waals surface area contributed by atoms with Gasteiger partial charge in [0.2, 0.25) is 0 Å². The largest absolute Gasteiger partial charge is 0.497 e. The average Bonchev–Trinajstić information content (AvgIpc) is 2.66. The third-order valence-corrected chi connectivity index (χ3v) is 6.56. The molecule has 5 rings (SSSR count). The van der Waals surface area contributed by atoms with Crippen molar-refractivity contribution in [1.29, 1.82) is 0 Å². The van der Waals surface area contributed by atoms with Crippen LogP contribution in [0.15, 0.2) is 43.1 Å². The van der Waals surface area contributed by atoms with Crippen molar-refractivity contribution in [2.75, 3.05) is 27.2 Å². The SMILES string of the molecule is C=C[C@@H]1C[N@+]2(C)CC[C@H]1C[C@@H]2[C@@H](O)c1ccnc2ccc(OC)cc12. The normalized spacial score (nSPS) is 32.5. The predicted molar refractivity (Wildman–Crippen MR) is 99.4 cm³/mol. The van der Waals surface area contributed by atoms with E-state index in [4.69, 9.17) is 4.74 Å². The number of methoxy groups -OCH3 is 1. The molecule has 3 fully saturated rings. The van der Waals surface area contributed by atoms with Gasteiger partial charge in [-0.25, -0.2) is 0 Å². The Balaban J connectivity index is 1.73. The number of likely N-dealkylation sites (N-methyl/N-ethyl adjacent to an activating group) is 1. The molecule has 3 aliphatic rings. The van der Waals surface area contributed by atoms with E-state index in [1.165, 1.54) is 6.42 Å². The maximum absolute atomic E-state index is 11.3. The predicted octanol–water partition coefficient (Wildman–Crippen LogP) is 3.32. The van der Waals surface area contributed by atoms with Gasteiger partial charge in [-0.2, -0.15) is 0 Å². The first kappa shape index (κ1) is 16.6. The number of quaternary nitrogens is 1. The Bertz CT molecular complexity index is 806. The molecular weight excluding hydrogens is 312 g/mol. The Morgan fingerprint density at radius 3 is 2.96 bits per heavy atom. The number of benzene rings is 1. The van der Waals surface area contributed by atoms with Gasteiger partial charge < -0.3 is 14.3 Å². The lowest BCUT2D eigenvalue weighted by Crippen LogP contribution is -2.66. The first-order chi connectivity index (χ1) is 12.1. The number of ether oxygens (including phenoxy) is 1. The number of pyridine rings is 1. The molecule has 0 aliphatic carbocycles. The summed E-state index contributed by atoms with van der Waals surface area (Å²) in [6.07, 6.45) is 5.73. The molecule has 25 heavy (non-hydrogen) atoms. The van der Waals surface area contributed by atoms with Gasteiger partial charge in [0.05, 0.1) is 32.8 Å². The second kappa shape index (κ2) is 6.11. The van der Waals surface area contributed by atoms with Crippen LogP contribution < -0.4 is 4.74 Å². The maximum Gasteiger partial charge on any atom is 0.131 e. The molecule has 3 aliphatic heterocycles. The second-order valence-corrected chi connectivity index (χ2v) is 7.87. The van der Waals surface area contributed by atoms with E-state index in [9.17, 15) is 5.11 Å². The van der Waals surface area contributed by atoms with Crippen LogP contribution in [-0.4, -0.2) is 47.9 Å². The smallest absolute Gasteiger partial charge is 0.131 e. The fourth-order valence-corrected chi connectivity index (χ4v) is 5.03. The number of piperidine rings is 3. The molecule has 0 radical (unpaired) electrons. The maximum atomic E-state index is 11.3. The van der Waals surface area contributed by atoms with Gasteiger partial charge in [0.15, 0.2) is 0 Å². The van der Waals surface area contributed by atoms with E-state index in [2.05, 4.69) is 24.7 Å². The number of rotatable bonds is 4. The number of aromatic nitrogens is 1. The summed E-state index contributed by atoms with van der Waals surface area (Å²) >= 11 is 0. The Labute approximate surface area is 149 Å². The number of aliphatic hydroxyl groups excluding tert-OH is 1. The topological polar surface area (TPSA) is 42.4 Å². The van der Waals surface area contributed by atoms with Crippen molar-refractivity contribution in [3.63, 3.8) is 0 Å². The Kier molecular flexibility index (Phi) is 4.05. The fourth-order valence-electron chi connectivity index (χ4n) is 5.03. The molecule has 0 spiro atoms. The second-order valence-electron chi connectivity index (χ2n) is 7.87. The first-order valence-electron chi connectivity index (χ1n) is 9.13. The monoisotopic (exact) mass is 339 g/mol. The van der Waals surface area contributed by atoms with Crippen LogP contribution in [-0.2, 0) is 0 Å². The molecule has 4 heteroatoms. The summed E-state index contributed by atoms with van der Waals surface area (Å²) in [6, 6.07) is 8.06. The van der Waals surface area contributed by atoms with Gasteiger partial charge in [-0.05, 0) is 35.7 Å². The van der Waals surface area contributed by atoms with E-state index in [0.29, 0.717) is 11.8 Å². The van der Waals surface area contributed by atoms with Crippen LogP contribution >= 0.6 is 0 Å². The van der Waals surface area contributed by atoms with Crippen LogP contribution in [0.25, 0.3) is 10.9 Å². The van der Waals surface area contributed by atoms with Gasteiger partial charge in [-0.1, -0.05) is 6.08 Å². The lowest BCUT2D eigenvalue weighted by molar-refractivity contribution is -0.956. The molecule has 1 aromatic heterocycles. The van der Waals surface area contributed by atoms with Crippen molar-refractivity contribution in [3.05, 3.63) is 48.7 Å². The lowest BCUT2D eigenvalue weighted by atomic mass is 9.72. The van der Waals surface area contributed by atoms with Crippen LogP contribution in [0.3, 0.4) is 0 Å². The molecule has 5 atom stereocenters. The van der Waals surface area contributed by atoms with E-state index in [1.807, 2.05) is 24.3 Å². The Hall–Kier alpha value is -1.91. The number of fused-ring (bicyclic) bond motifs is 4. The molecule has 0 unspecified atom stereocenters. The van der Waals surface area contributed by atoms with Gasteiger partial charge in [-0.15, -0.1) is 6.58 Å². The van der Waals surface area contributed by atoms with Gasteiger partial charge in [0.1, 0.15) is 17.9 Å². The summed E-state index contributed by atoms with van der Waals surface area (Å²) in [5.74, 6) is 2.03. The van der Waals surface area contributed by atoms with Crippen LogP contribution in [0.5, 0.6) is 5.75 Å². The highest BCUT2D eigenvalue weighted by Crippen LogP contribution is 2.45. The van der Waals surface area contributed by atoms with Crippen molar-refractivity contribution >= 4 is 10.9 Å². The summed E-state index contributed by atoms with van der Waals surface area (Å²) in [5, 5.41) is 12.3. The molecular formula is C21H27N2O2+. The number of nitrogens with zero attached hydrogens (tertiary/aromatic N) is 2. The average molecular weight is 339 g/mol. The molecule has 4 nitrogen and oxygen atoms in total. The van der Waals surface area contributed by atoms with Crippen molar-refractivity contribution in [2.45, 2.75) is 25.0 Å². The highest BCUT2D eigenvalue weighted by atomic mass is 16.5. The highest BCUT2D eigenvalue weighted by molar-refractivity contribution is 5.83. The molecule has 1 aromatic carbocycles. The minimum absolute atomic E-state index is 0.228. The Morgan fingerprint density at radius 2 is 2.24 bits per heavy atom. The highest BCUT2D eigenvalue weighted by Gasteiger charge is 2.51. The van der Waals surface area contributed by atoms with Gasteiger partial charge in [0, 0.05) is 30.3 Å². The summed E-state index contributed by atoms with van der Waals surface area (Å²) in [4.78, 5) is 4.45. The minimum Gasteiger partial charge on any atom is -0.497 e. The fraction of sp³-hybridized carbons (Fsp3) is 0.476. The van der Waals surface area contributed by atoms with E-state index < -0.39 is 6.10 Å². The summed E-state index contributed by atoms with van der Waals surface area (Å²) in [5.41, 5.74) is 1.87. The minimum atomic E-state index is -0.490. The van der Waals surface area contributed by atoms with E-state index in [0.717, 1.165) is 46.2 Å². The molecule has 4 heterocycles. The zero-order valence-corrected chi connectivity index (χ0v) is 15.1. The first-order valence-corrected chi connectivity index (χ1v) is 9.13. The standard InChI is InChI=1S/C21H27N2O2/c1-4-14-13-23(2)10-8-15(14)11-20(23)21(24)17-7-9-22-19-6-5-16(25-3)12-18(17)19/h4-7,9,12,14-15,20-21,24H,1,8,10-11,13H2,2-3H3/q+1/t14-,15+,20-,21+,23+/m1/s1. The van der Waals surface area contributed by atoms with Gasteiger partial charge in [-0.3, -0.25) is 4.98 Å². The van der Waals surface area contributed by atoms with Crippen molar-refractivity contribution in [1.82, 2.24) is 4.98 Å². The van der Waals surface area contributed by atoms with E-state index in [1.54, 1.807) is 13.3 Å². The third-order valence-electron chi connectivity index (χ3n) is 6.56. The van der Waals surface area contributed by atoms with Crippen LogP contribution in [0, 0.1) is 11.8 Å². The molecule has 2 bridgehead atoms. The van der Waals surface area contributed by atoms with Crippen LogP contribution in [0.2, 0.25) is 0 Å². The molecule has 3 saturated heterocycles. The van der Waals surface area contributed by atoms with E-state index >= 15 is 0 Å². The van der Waals surface area contributed by atoms with E-state index in [-0.39, 0.29) is 6.04 Å². The molecule has 132 valence electrons. The lowest BCUT2D eigenvalue weighted by Gasteiger charge is -2.56. The van der Waals surface area contributed by atoms with Crippen molar-refractivity contribution in [2.24, 2.45) is 11.8 Å². The molecule has 2 aromatic rings. The number of hydrogen-bond donors (Lipinski definition) is 1. The summed E-state index contributed by atoms with van der Waals surface area (Å²) in [7, 11) is 3.96. The molecule has 0 amide bonds. The van der Waals surface area contributed by atoms with Crippen molar-refractivity contribution < 1.29 is 14.3 Å². The zero-order chi connectivity index (χ0) is 17.6. The Morgan fingerprint density at radius 1 is 1.40 bits per heavy atom. The van der Waals surface area contributed by atoms with Gasteiger partial charge >= 0.3 is 0 Å². The van der Waals surface area contributed by atoms with Crippen LogP contribution in [0.4, 0.5) is 0 Å². The summed E-state index contributed by atoms with van der Waals surface area (Å²) in [6.45, 7) is 6.26. The molecule has 0 saturated carbocycles. The quantitative estimate of drug-likeness (QED) is 0.686. The number of hydrogen-bond acceptors (Lipinski definition) is 3. The van der Waals surface area contributed by atoms with Gasteiger partial charge in [0.25, 0.3) is 0 Å².